The van der Waals surface area contributed by atoms with Crippen LogP contribution < -0.4 is 0 Å². The summed E-state index contributed by atoms with van der Waals surface area (Å²) in [5, 5.41) is 20.1. The molecule has 1 aromatic carbocycles. The third-order valence-corrected chi connectivity index (χ3v) is 3.09. The van der Waals surface area contributed by atoms with Crippen molar-refractivity contribution in [1.29, 1.82) is 0 Å². The first kappa shape index (κ1) is 15.8. The van der Waals surface area contributed by atoms with Gasteiger partial charge in [0.2, 0.25) is 6.54 Å². The number of hydrogen-bond acceptors (Lipinski definition) is 4. The van der Waals surface area contributed by atoms with Crippen LogP contribution in [0.2, 0.25) is 0 Å². The lowest BCUT2D eigenvalue weighted by Gasteiger charge is -2.20. The van der Waals surface area contributed by atoms with Crippen molar-refractivity contribution in [2.45, 2.75) is 25.7 Å². The van der Waals surface area contributed by atoms with Gasteiger partial charge in [-0.05, 0) is 12.0 Å². The van der Waals surface area contributed by atoms with E-state index in [9.17, 15) is 24.8 Å². The molecule has 1 rings (SSSR count). The first-order valence-electron chi connectivity index (χ1n) is 6.39. The van der Waals surface area contributed by atoms with Crippen molar-refractivity contribution in [2.24, 2.45) is 5.92 Å². The highest BCUT2D eigenvalue weighted by atomic mass is 16.6. The molecule has 2 unspecified atom stereocenters. The van der Waals surface area contributed by atoms with E-state index in [4.69, 9.17) is 0 Å². The number of Topliss-reactive ketones (excluding diaryl/α,β-unsaturated/α-hetero) is 1. The number of ketones is 1. The van der Waals surface area contributed by atoms with Crippen LogP contribution in [0.3, 0.4) is 0 Å². The Hall–Kier alpha value is -2.24. The van der Waals surface area contributed by atoms with Gasteiger partial charge in [0.05, 0.1) is 5.92 Å². The summed E-state index contributed by atoms with van der Waals surface area (Å²) >= 11 is 0. The van der Waals surface area contributed by atoms with Crippen molar-refractivity contribution in [1.82, 2.24) is 0 Å². The van der Waals surface area contributed by atoms with Crippen molar-refractivity contribution in [2.75, 3.05) is 6.54 Å². The Bertz CT molecular complexity index is 486. The maximum absolute atomic E-state index is 12.0. The molecule has 0 aliphatic rings. The normalized spacial score (nSPS) is 13.4. The van der Waals surface area contributed by atoms with E-state index >= 15 is 0 Å². The van der Waals surface area contributed by atoms with Gasteiger partial charge in [0.1, 0.15) is 11.7 Å². The van der Waals surface area contributed by atoms with Gasteiger partial charge >= 0.3 is 5.97 Å². The maximum atomic E-state index is 12.0. The number of carboxylic acid groups (broad SMARTS) is 1. The average Bonchev–Trinajstić information content (AvgIpc) is 2.38. The number of benzene rings is 1. The van der Waals surface area contributed by atoms with Gasteiger partial charge < -0.3 is 5.11 Å². The summed E-state index contributed by atoms with van der Waals surface area (Å²) in [6.45, 7) is 1.19. The van der Waals surface area contributed by atoms with Gasteiger partial charge in [-0.25, -0.2) is 0 Å². The molecule has 0 aromatic heterocycles. The fourth-order valence-electron chi connectivity index (χ4n) is 2.20. The van der Waals surface area contributed by atoms with Crippen molar-refractivity contribution in [3.63, 3.8) is 0 Å². The molecule has 1 aromatic rings. The van der Waals surface area contributed by atoms with E-state index in [1.165, 1.54) is 0 Å². The van der Waals surface area contributed by atoms with Crippen LogP contribution in [0.4, 0.5) is 0 Å². The Morgan fingerprint density at radius 1 is 1.30 bits per heavy atom. The number of rotatable bonds is 8. The quantitative estimate of drug-likeness (QED) is 0.446. The Morgan fingerprint density at radius 2 is 1.90 bits per heavy atom. The topological polar surface area (TPSA) is 97.5 Å². The summed E-state index contributed by atoms with van der Waals surface area (Å²) in [6.07, 6.45) is 0.626. The molecule has 0 radical (unpaired) electrons. The zero-order valence-corrected chi connectivity index (χ0v) is 11.2. The van der Waals surface area contributed by atoms with Crippen LogP contribution in [0.25, 0.3) is 0 Å². The molecule has 6 nitrogen and oxygen atoms in total. The van der Waals surface area contributed by atoms with Crippen molar-refractivity contribution in [3.8, 4) is 0 Å². The summed E-state index contributed by atoms with van der Waals surface area (Å²) < 4.78 is 0. The second-order valence-corrected chi connectivity index (χ2v) is 4.56. The van der Waals surface area contributed by atoms with E-state index < -0.39 is 35.1 Å². The van der Waals surface area contributed by atoms with Crippen molar-refractivity contribution >= 4 is 11.8 Å². The summed E-state index contributed by atoms with van der Waals surface area (Å²) in [4.78, 5) is 33.6. The lowest BCUT2D eigenvalue weighted by Crippen LogP contribution is -2.33. The van der Waals surface area contributed by atoms with E-state index in [1.807, 2.05) is 0 Å². The second-order valence-electron chi connectivity index (χ2n) is 4.56. The first-order chi connectivity index (χ1) is 9.47. The maximum Gasteiger partial charge on any atom is 0.314 e. The zero-order valence-electron chi connectivity index (χ0n) is 11.2. The molecule has 0 amide bonds. The first-order valence-corrected chi connectivity index (χ1v) is 6.39. The molecule has 0 heterocycles. The van der Waals surface area contributed by atoms with Crippen LogP contribution in [0, 0.1) is 16.0 Å². The summed E-state index contributed by atoms with van der Waals surface area (Å²) in [5.41, 5.74) is 0.501. The van der Waals surface area contributed by atoms with Crippen LogP contribution in [0.1, 0.15) is 31.2 Å². The van der Waals surface area contributed by atoms with Crippen LogP contribution in [0.5, 0.6) is 0 Å². The zero-order chi connectivity index (χ0) is 15.1. The molecule has 0 aliphatic heterocycles. The Balaban J connectivity index is 3.15. The highest BCUT2D eigenvalue weighted by Crippen LogP contribution is 2.27. The number of carboxylic acids is 1. The number of nitrogens with zero attached hydrogens (tertiary/aromatic N) is 1. The Labute approximate surface area is 116 Å². The van der Waals surface area contributed by atoms with E-state index in [2.05, 4.69) is 0 Å². The van der Waals surface area contributed by atoms with Gasteiger partial charge in [0.25, 0.3) is 0 Å². The van der Waals surface area contributed by atoms with Crippen LogP contribution in [0.15, 0.2) is 30.3 Å². The standard InChI is InChI=1S/C14H17NO5/c1-2-6-12(16)13(14(17)18)11(9-15(19)20)10-7-4-3-5-8-10/h3-5,7-8,11,13H,2,6,9H2,1H3,(H,17,18). The number of hydrogen-bond donors (Lipinski definition) is 1. The molecular formula is C14H17NO5. The third kappa shape index (κ3) is 4.15. The minimum atomic E-state index is -1.37. The van der Waals surface area contributed by atoms with E-state index in [0.717, 1.165) is 0 Å². The van der Waals surface area contributed by atoms with Gasteiger partial charge in [-0.1, -0.05) is 37.3 Å². The molecule has 0 saturated heterocycles. The monoisotopic (exact) mass is 279 g/mol. The van der Waals surface area contributed by atoms with Gasteiger partial charge in [-0.15, -0.1) is 0 Å². The molecule has 20 heavy (non-hydrogen) atoms. The predicted molar refractivity (Wildman–Crippen MR) is 72.1 cm³/mol. The average molecular weight is 279 g/mol. The largest absolute Gasteiger partial charge is 0.481 e. The Morgan fingerprint density at radius 3 is 2.35 bits per heavy atom. The molecule has 2 atom stereocenters. The molecule has 0 bridgehead atoms. The number of nitro groups is 1. The highest BCUT2D eigenvalue weighted by molar-refractivity contribution is 5.99. The van der Waals surface area contributed by atoms with Crippen LogP contribution >= 0.6 is 0 Å². The second kappa shape index (κ2) is 7.37. The van der Waals surface area contributed by atoms with E-state index in [0.29, 0.717) is 12.0 Å². The Kier molecular flexibility index (Phi) is 5.83. The molecule has 6 heteroatoms. The van der Waals surface area contributed by atoms with E-state index in [-0.39, 0.29) is 6.42 Å². The van der Waals surface area contributed by atoms with Gasteiger partial charge in [0, 0.05) is 11.3 Å². The fraction of sp³-hybridized carbons (Fsp3) is 0.429. The van der Waals surface area contributed by atoms with E-state index in [1.54, 1.807) is 37.3 Å². The lowest BCUT2D eigenvalue weighted by atomic mass is 9.82. The smallest absolute Gasteiger partial charge is 0.314 e. The van der Waals surface area contributed by atoms with Crippen LogP contribution in [-0.4, -0.2) is 28.3 Å². The van der Waals surface area contributed by atoms with Crippen LogP contribution in [-0.2, 0) is 9.59 Å². The summed E-state index contributed by atoms with van der Waals surface area (Å²) in [5.74, 6) is -4.08. The lowest BCUT2D eigenvalue weighted by molar-refractivity contribution is -0.484. The molecule has 1 N–H and O–H groups in total. The third-order valence-electron chi connectivity index (χ3n) is 3.09. The number of aliphatic carboxylic acids is 1. The van der Waals surface area contributed by atoms with Gasteiger partial charge in [0.15, 0.2) is 0 Å². The molecule has 0 aliphatic carbocycles. The summed E-state index contributed by atoms with van der Waals surface area (Å²) in [7, 11) is 0. The minimum absolute atomic E-state index is 0.109. The number of carbonyl (C=O) groups excluding carboxylic acids is 1. The molecular weight excluding hydrogens is 262 g/mol. The van der Waals surface area contributed by atoms with Gasteiger partial charge in [-0.3, -0.25) is 19.7 Å². The summed E-state index contributed by atoms with van der Waals surface area (Å²) in [6, 6.07) is 8.31. The minimum Gasteiger partial charge on any atom is -0.481 e. The highest BCUT2D eigenvalue weighted by Gasteiger charge is 2.38. The molecule has 0 spiro atoms. The molecule has 0 saturated carbocycles. The molecule has 0 fully saturated rings. The number of carbonyl (C=O) groups is 2. The van der Waals surface area contributed by atoms with Crippen molar-refractivity contribution in [3.05, 3.63) is 46.0 Å². The SMILES string of the molecule is CCCC(=O)C(C(=O)O)C(C[N+](=O)[O-])c1ccccc1. The van der Waals surface area contributed by atoms with Gasteiger partial charge in [-0.2, -0.15) is 0 Å². The molecule has 108 valence electrons. The predicted octanol–water partition coefficient (Wildman–Crippen LogP) is 2.12. The van der Waals surface area contributed by atoms with Crippen molar-refractivity contribution < 1.29 is 19.6 Å². The fourth-order valence-corrected chi connectivity index (χ4v) is 2.20.